The molecule has 1 saturated carbocycles. The molecule has 7 nitrogen and oxygen atoms in total. The lowest BCUT2D eigenvalue weighted by atomic mass is 9.64. The monoisotopic (exact) mass is 678 g/mol. The van der Waals surface area contributed by atoms with Crippen LogP contribution in [0.15, 0.2) is 48.6 Å². The van der Waals surface area contributed by atoms with Gasteiger partial charge in [-0.2, -0.15) is 0 Å². The highest BCUT2D eigenvalue weighted by Crippen LogP contribution is 2.49. The summed E-state index contributed by atoms with van der Waals surface area (Å²) in [5, 5.41) is 9.89. The largest absolute Gasteiger partial charge is 0.490 e. The molecule has 6 rings (SSSR count). The SMILES string of the molecule is C=S1(=O)NC(=O)c2ccc3c(c2)N(C[C@@H]2CC[C@H]2[C@@](C#CCCO)(OC)/C=C/C[C@H](C)[C@H]1C)C[C@@]1(CCCc2cc(Cl)ccc21)CO3. The maximum Gasteiger partial charge on any atom is 0.262 e. The number of hydrogen-bond donors (Lipinski definition) is 2. The number of hydrogen-bond acceptors (Lipinski definition) is 6. The summed E-state index contributed by atoms with van der Waals surface area (Å²) >= 11 is 6.45. The fourth-order valence-corrected chi connectivity index (χ4v) is 9.68. The van der Waals surface area contributed by atoms with Crippen LogP contribution in [-0.2, 0) is 26.3 Å². The molecule has 2 aromatic rings. The first-order valence-corrected chi connectivity index (χ1v) is 19.0. The van der Waals surface area contributed by atoms with Crippen LogP contribution in [0.2, 0.25) is 5.02 Å². The number of carbonyl (C=O) groups excluding carboxylic acids is 1. The minimum atomic E-state index is -2.97. The van der Waals surface area contributed by atoms with Gasteiger partial charge in [-0.15, -0.1) is 0 Å². The van der Waals surface area contributed by atoms with Crippen molar-refractivity contribution in [3.05, 3.63) is 70.3 Å². The number of anilines is 1. The molecule has 2 heterocycles. The first-order valence-electron chi connectivity index (χ1n) is 16.8. The lowest BCUT2D eigenvalue weighted by molar-refractivity contribution is -0.0351. The van der Waals surface area contributed by atoms with Gasteiger partial charge in [-0.1, -0.05) is 42.5 Å². The Bertz CT molecular complexity index is 1710. The van der Waals surface area contributed by atoms with E-state index in [2.05, 4.69) is 51.6 Å². The second-order valence-electron chi connectivity index (χ2n) is 14.0. The number of aryl methyl sites for hydroxylation is 1. The molecule has 9 heteroatoms. The molecule has 7 atom stereocenters. The fraction of sp³-hybridized carbons (Fsp3) is 0.526. The Balaban J connectivity index is 1.47. The Labute approximate surface area is 285 Å². The molecule has 4 aliphatic rings. The molecule has 2 N–H and O–H groups in total. The Morgan fingerprint density at radius 2 is 2.06 bits per heavy atom. The highest BCUT2D eigenvalue weighted by molar-refractivity contribution is 7.99. The number of halogens is 1. The number of rotatable bonds is 2. The molecule has 1 unspecified atom stereocenters. The smallest absolute Gasteiger partial charge is 0.262 e. The highest BCUT2D eigenvalue weighted by atomic mass is 35.5. The number of amides is 1. The van der Waals surface area contributed by atoms with E-state index in [0.717, 1.165) is 61.7 Å². The third-order valence-corrected chi connectivity index (χ3v) is 13.6. The number of ether oxygens (including phenoxy) is 2. The van der Waals surface area contributed by atoms with Gasteiger partial charge in [0, 0.05) is 53.8 Å². The topological polar surface area (TPSA) is 88.1 Å². The van der Waals surface area contributed by atoms with E-state index in [1.54, 1.807) is 13.2 Å². The van der Waals surface area contributed by atoms with Crippen molar-refractivity contribution in [2.24, 2.45) is 17.8 Å². The minimum absolute atomic E-state index is 0.00953. The summed E-state index contributed by atoms with van der Waals surface area (Å²) in [7, 11) is -1.25. The normalized spacial score (nSPS) is 34.3. The van der Waals surface area contributed by atoms with Crippen molar-refractivity contribution in [1.29, 1.82) is 0 Å². The number of allylic oxidation sites excluding steroid dienone is 1. The molecule has 0 aromatic heterocycles. The molecular weight excluding hydrogens is 632 g/mol. The summed E-state index contributed by atoms with van der Waals surface area (Å²) in [5.41, 5.74) is 2.75. The molecule has 2 bridgehead atoms. The standard InChI is InChI=1S/C38H47ClN2O5S/c1-26-9-7-19-38(45-3,18-5-6-20-42)33-14-11-30(33)23-41-24-37(17-8-10-28-21-31(39)13-15-32(28)37)25-46-35-16-12-29(22-34(35)41)36(43)40-47(4,44)27(26)2/h7,12-13,15-16,19,21-22,26-27,30,33,42H,4,6,8-11,14,17,20,23-25H2,1-3H3,(H,40,43,44)/b19-7+/t26-,27+,30-,33+,37-,38-,47?/m0/s1. The van der Waals surface area contributed by atoms with Gasteiger partial charge in [-0.3, -0.25) is 9.52 Å². The zero-order valence-corrected chi connectivity index (χ0v) is 29.3. The summed E-state index contributed by atoms with van der Waals surface area (Å²) in [4.78, 5) is 16.1. The average Bonchev–Trinajstić information content (AvgIpc) is 3.18. The lowest BCUT2D eigenvalue weighted by Crippen LogP contribution is -2.52. The van der Waals surface area contributed by atoms with Gasteiger partial charge in [0.2, 0.25) is 0 Å². The van der Waals surface area contributed by atoms with Crippen LogP contribution < -0.4 is 14.4 Å². The van der Waals surface area contributed by atoms with E-state index in [0.29, 0.717) is 25.0 Å². The molecule has 0 radical (unpaired) electrons. The van der Waals surface area contributed by atoms with E-state index in [1.165, 1.54) is 11.1 Å². The summed E-state index contributed by atoms with van der Waals surface area (Å²) < 4.78 is 29.6. The van der Waals surface area contributed by atoms with E-state index < -0.39 is 21.2 Å². The zero-order valence-electron chi connectivity index (χ0n) is 27.7. The van der Waals surface area contributed by atoms with Gasteiger partial charge in [0.25, 0.3) is 5.91 Å². The minimum Gasteiger partial charge on any atom is -0.490 e. The van der Waals surface area contributed by atoms with Crippen molar-refractivity contribution in [2.75, 3.05) is 38.3 Å². The molecule has 1 fully saturated rings. The van der Waals surface area contributed by atoms with Crippen molar-refractivity contribution in [3.63, 3.8) is 0 Å². The van der Waals surface area contributed by atoms with Gasteiger partial charge in [0.05, 0.1) is 28.6 Å². The number of aliphatic hydroxyl groups excluding tert-OH is 1. The fourth-order valence-electron chi connectivity index (χ4n) is 8.01. The number of methoxy groups -OCH3 is 1. The second-order valence-corrected chi connectivity index (χ2v) is 16.8. The second kappa shape index (κ2) is 13.5. The molecular formula is C38H47ClN2O5S. The van der Waals surface area contributed by atoms with Crippen LogP contribution in [0.1, 0.15) is 73.9 Å². The van der Waals surface area contributed by atoms with Gasteiger partial charge in [0.1, 0.15) is 11.4 Å². The summed E-state index contributed by atoms with van der Waals surface area (Å²) in [6, 6.07) is 11.8. The maximum atomic E-state index is 13.8. The van der Waals surface area contributed by atoms with Crippen molar-refractivity contribution in [3.8, 4) is 17.6 Å². The van der Waals surface area contributed by atoms with Crippen molar-refractivity contribution in [1.82, 2.24) is 4.72 Å². The number of benzene rings is 2. The third kappa shape index (κ3) is 6.57. The zero-order chi connectivity index (χ0) is 33.4. The van der Waals surface area contributed by atoms with Gasteiger partial charge in [0.15, 0.2) is 0 Å². The molecule has 252 valence electrons. The number of aliphatic hydroxyl groups is 1. The van der Waals surface area contributed by atoms with E-state index in [9.17, 15) is 14.1 Å². The summed E-state index contributed by atoms with van der Waals surface area (Å²) in [6.07, 6.45) is 10.1. The van der Waals surface area contributed by atoms with E-state index in [1.807, 2.05) is 32.0 Å². The molecule has 1 spiro atoms. The molecule has 0 saturated heterocycles. The van der Waals surface area contributed by atoms with Gasteiger partial charge in [-0.25, -0.2) is 4.21 Å². The van der Waals surface area contributed by atoms with Crippen molar-refractivity contribution < 1.29 is 23.6 Å². The number of nitrogens with zero attached hydrogens (tertiary/aromatic N) is 1. The lowest BCUT2D eigenvalue weighted by Gasteiger charge is -2.48. The van der Waals surface area contributed by atoms with E-state index >= 15 is 0 Å². The van der Waals surface area contributed by atoms with Gasteiger partial charge < -0.3 is 19.5 Å². The van der Waals surface area contributed by atoms with Crippen LogP contribution in [0.25, 0.3) is 0 Å². The summed E-state index contributed by atoms with van der Waals surface area (Å²) in [6.45, 7) is 5.87. The van der Waals surface area contributed by atoms with Crippen LogP contribution in [0.4, 0.5) is 5.69 Å². The van der Waals surface area contributed by atoms with Crippen molar-refractivity contribution >= 4 is 38.8 Å². The van der Waals surface area contributed by atoms with Crippen LogP contribution in [-0.4, -0.2) is 65.4 Å². The Kier molecular flexibility index (Phi) is 9.75. The summed E-state index contributed by atoms with van der Waals surface area (Å²) in [5.74, 6) is 11.3. The first-order chi connectivity index (χ1) is 22.5. The Morgan fingerprint density at radius 1 is 1.23 bits per heavy atom. The molecule has 2 aromatic carbocycles. The van der Waals surface area contributed by atoms with E-state index in [4.69, 9.17) is 21.1 Å². The molecule has 47 heavy (non-hydrogen) atoms. The number of nitrogens with one attached hydrogen (secondary N) is 1. The van der Waals surface area contributed by atoms with Crippen molar-refractivity contribution in [2.45, 2.75) is 75.1 Å². The third-order valence-electron chi connectivity index (χ3n) is 11.1. The molecule has 1 amide bonds. The first kappa shape index (κ1) is 33.9. The highest BCUT2D eigenvalue weighted by Gasteiger charge is 2.48. The Hall–Kier alpha value is -2.96. The number of fused-ring (bicyclic) bond motifs is 4. The number of carbonyl (C=O) groups is 1. The predicted molar refractivity (Wildman–Crippen MR) is 191 cm³/mol. The van der Waals surface area contributed by atoms with Gasteiger partial charge in [-0.05, 0) is 111 Å². The van der Waals surface area contributed by atoms with Crippen LogP contribution >= 0.6 is 11.6 Å². The quantitative estimate of drug-likeness (QED) is 0.232. The van der Waals surface area contributed by atoms with Crippen LogP contribution in [0.5, 0.6) is 5.75 Å². The maximum absolute atomic E-state index is 13.8. The van der Waals surface area contributed by atoms with Crippen LogP contribution in [0, 0.1) is 29.6 Å². The molecule has 2 aliphatic heterocycles. The van der Waals surface area contributed by atoms with Gasteiger partial charge >= 0.3 is 0 Å². The predicted octanol–water partition coefficient (Wildman–Crippen LogP) is 5.96. The Morgan fingerprint density at radius 3 is 2.81 bits per heavy atom. The average molecular weight is 679 g/mol. The molecule has 2 aliphatic carbocycles. The van der Waals surface area contributed by atoms with E-state index in [-0.39, 0.29) is 35.0 Å². The van der Waals surface area contributed by atoms with Crippen LogP contribution in [0.3, 0.4) is 0 Å².